The lowest BCUT2D eigenvalue weighted by molar-refractivity contribution is -0.143. The largest absolute Gasteiger partial charge is 0.480 e. The SMILES string of the molecule is CCCN(CCN(C)C)C(CC)C(=O)O. The molecule has 15 heavy (non-hydrogen) atoms. The zero-order chi connectivity index (χ0) is 11.8. The third-order valence-corrected chi connectivity index (χ3v) is 2.46. The summed E-state index contributed by atoms with van der Waals surface area (Å²) in [6, 6.07) is -0.329. The number of likely N-dealkylation sites (N-methyl/N-ethyl adjacent to an activating group) is 1. The van der Waals surface area contributed by atoms with Crippen molar-refractivity contribution in [2.75, 3.05) is 33.7 Å². The maximum absolute atomic E-state index is 11.0. The Hall–Kier alpha value is -0.610. The number of carboxylic acid groups (broad SMARTS) is 1. The molecule has 90 valence electrons. The smallest absolute Gasteiger partial charge is 0.320 e. The zero-order valence-corrected chi connectivity index (χ0v) is 10.4. The summed E-state index contributed by atoms with van der Waals surface area (Å²) in [6.45, 7) is 6.60. The fourth-order valence-corrected chi connectivity index (χ4v) is 1.63. The van der Waals surface area contributed by atoms with E-state index < -0.39 is 5.97 Å². The Bertz CT molecular complexity index is 183. The maximum Gasteiger partial charge on any atom is 0.320 e. The van der Waals surface area contributed by atoms with Crippen molar-refractivity contribution in [1.29, 1.82) is 0 Å². The van der Waals surface area contributed by atoms with E-state index in [9.17, 15) is 4.79 Å². The maximum atomic E-state index is 11.0. The van der Waals surface area contributed by atoms with E-state index in [1.165, 1.54) is 0 Å². The van der Waals surface area contributed by atoms with Crippen LogP contribution in [0.25, 0.3) is 0 Å². The van der Waals surface area contributed by atoms with Crippen molar-refractivity contribution in [2.24, 2.45) is 0 Å². The molecule has 0 aliphatic carbocycles. The minimum atomic E-state index is -0.704. The fourth-order valence-electron chi connectivity index (χ4n) is 1.63. The topological polar surface area (TPSA) is 43.8 Å². The molecule has 0 radical (unpaired) electrons. The number of rotatable bonds is 8. The van der Waals surface area contributed by atoms with Gasteiger partial charge in [0.2, 0.25) is 0 Å². The Morgan fingerprint density at radius 2 is 1.80 bits per heavy atom. The van der Waals surface area contributed by atoms with Gasteiger partial charge in [0, 0.05) is 13.1 Å². The number of hydrogen-bond acceptors (Lipinski definition) is 3. The molecule has 0 saturated heterocycles. The van der Waals surface area contributed by atoms with Gasteiger partial charge in [-0.15, -0.1) is 0 Å². The van der Waals surface area contributed by atoms with Gasteiger partial charge in [-0.3, -0.25) is 9.69 Å². The highest BCUT2D eigenvalue weighted by Crippen LogP contribution is 2.05. The highest BCUT2D eigenvalue weighted by Gasteiger charge is 2.22. The van der Waals surface area contributed by atoms with E-state index >= 15 is 0 Å². The summed E-state index contributed by atoms with van der Waals surface area (Å²) < 4.78 is 0. The Balaban J connectivity index is 4.27. The summed E-state index contributed by atoms with van der Waals surface area (Å²) in [6.07, 6.45) is 1.67. The molecule has 4 nitrogen and oxygen atoms in total. The van der Waals surface area contributed by atoms with E-state index in [2.05, 4.69) is 16.7 Å². The van der Waals surface area contributed by atoms with E-state index in [0.717, 1.165) is 26.1 Å². The van der Waals surface area contributed by atoms with Gasteiger partial charge >= 0.3 is 5.97 Å². The lowest BCUT2D eigenvalue weighted by Gasteiger charge is -2.28. The van der Waals surface area contributed by atoms with E-state index in [1.807, 2.05) is 21.0 Å². The summed E-state index contributed by atoms with van der Waals surface area (Å²) in [5.74, 6) is -0.704. The van der Waals surface area contributed by atoms with Crippen molar-refractivity contribution in [3.8, 4) is 0 Å². The second-order valence-corrected chi connectivity index (χ2v) is 4.10. The summed E-state index contributed by atoms with van der Waals surface area (Å²) in [5, 5.41) is 9.08. The molecule has 1 unspecified atom stereocenters. The van der Waals surface area contributed by atoms with E-state index in [0.29, 0.717) is 6.42 Å². The molecule has 0 aliphatic rings. The normalized spacial score (nSPS) is 13.5. The first kappa shape index (κ1) is 14.4. The van der Waals surface area contributed by atoms with Crippen molar-refractivity contribution in [2.45, 2.75) is 32.7 Å². The summed E-state index contributed by atoms with van der Waals surface area (Å²) in [7, 11) is 4.01. The van der Waals surface area contributed by atoms with Crippen molar-refractivity contribution < 1.29 is 9.90 Å². The number of carboxylic acids is 1. The lowest BCUT2D eigenvalue weighted by atomic mass is 10.2. The average molecular weight is 216 g/mol. The number of carbonyl (C=O) groups is 1. The predicted octanol–water partition coefficient (Wildman–Crippen LogP) is 1.12. The number of aliphatic carboxylic acids is 1. The monoisotopic (exact) mass is 216 g/mol. The second kappa shape index (κ2) is 7.65. The molecule has 0 bridgehead atoms. The Morgan fingerprint density at radius 3 is 2.13 bits per heavy atom. The van der Waals surface area contributed by atoms with Crippen LogP contribution in [0.3, 0.4) is 0 Å². The molecular weight excluding hydrogens is 192 g/mol. The quantitative estimate of drug-likeness (QED) is 0.660. The van der Waals surface area contributed by atoms with Crippen molar-refractivity contribution >= 4 is 5.97 Å². The van der Waals surface area contributed by atoms with Gasteiger partial charge in [0.15, 0.2) is 0 Å². The van der Waals surface area contributed by atoms with E-state index in [4.69, 9.17) is 5.11 Å². The van der Waals surface area contributed by atoms with Gasteiger partial charge < -0.3 is 10.0 Å². The first-order valence-electron chi connectivity index (χ1n) is 5.64. The zero-order valence-electron chi connectivity index (χ0n) is 10.4. The van der Waals surface area contributed by atoms with Gasteiger partial charge in [0.05, 0.1) is 0 Å². The van der Waals surface area contributed by atoms with Crippen LogP contribution in [-0.4, -0.2) is 60.6 Å². The molecule has 0 fully saturated rings. The van der Waals surface area contributed by atoms with Crippen LogP contribution in [0, 0.1) is 0 Å². The minimum Gasteiger partial charge on any atom is -0.480 e. The average Bonchev–Trinajstić information content (AvgIpc) is 2.14. The molecule has 4 heteroatoms. The van der Waals surface area contributed by atoms with Crippen LogP contribution in [0.5, 0.6) is 0 Å². The molecule has 0 aliphatic heterocycles. The van der Waals surface area contributed by atoms with Crippen LogP contribution in [0.1, 0.15) is 26.7 Å². The van der Waals surface area contributed by atoms with Crippen molar-refractivity contribution in [1.82, 2.24) is 9.80 Å². The molecule has 0 saturated carbocycles. The minimum absolute atomic E-state index is 0.329. The van der Waals surface area contributed by atoms with Crippen LogP contribution in [-0.2, 0) is 4.79 Å². The van der Waals surface area contributed by atoms with Crippen LogP contribution < -0.4 is 0 Å². The predicted molar refractivity (Wildman–Crippen MR) is 62.1 cm³/mol. The molecule has 1 N–H and O–H groups in total. The fraction of sp³-hybridized carbons (Fsp3) is 0.909. The van der Waals surface area contributed by atoms with Crippen LogP contribution in [0.2, 0.25) is 0 Å². The number of nitrogens with zero attached hydrogens (tertiary/aromatic N) is 2. The molecular formula is C11H24N2O2. The highest BCUT2D eigenvalue weighted by molar-refractivity contribution is 5.73. The molecule has 0 spiro atoms. The van der Waals surface area contributed by atoms with Gasteiger partial charge in [0.1, 0.15) is 6.04 Å². The molecule has 0 aromatic carbocycles. The Kier molecular flexibility index (Phi) is 7.34. The molecule has 0 amide bonds. The molecule has 0 aromatic heterocycles. The van der Waals surface area contributed by atoms with Gasteiger partial charge in [-0.1, -0.05) is 13.8 Å². The Morgan fingerprint density at radius 1 is 1.20 bits per heavy atom. The summed E-state index contributed by atoms with van der Waals surface area (Å²) in [4.78, 5) is 15.2. The van der Waals surface area contributed by atoms with E-state index in [-0.39, 0.29) is 6.04 Å². The first-order valence-corrected chi connectivity index (χ1v) is 5.64. The van der Waals surface area contributed by atoms with Gasteiger partial charge in [-0.2, -0.15) is 0 Å². The molecule has 0 heterocycles. The molecule has 0 aromatic rings. The standard InChI is InChI=1S/C11H24N2O2/c1-5-7-13(9-8-12(3)4)10(6-2)11(14)15/h10H,5-9H2,1-4H3,(H,14,15). The second-order valence-electron chi connectivity index (χ2n) is 4.10. The van der Waals surface area contributed by atoms with Crippen LogP contribution in [0.15, 0.2) is 0 Å². The lowest BCUT2D eigenvalue weighted by Crippen LogP contribution is -2.44. The van der Waals surface area contributed by atoms with Crippen molar-refractivity contribution in [3.63, 3.8) is 0 Å². The third kappa shape index (κ3) is 5.74. The van der Waals surface area contributed by atoms with E-state index in [1.54, 1.807) is 0 Å². The number of hydrogen-bond donors (Lipinski definition) is 1. The van der Waals surface area contributed by atoms with Gasteiger partial charge in [0.25, 0.3) is 0 Å². The van der Waals surface area contributed by atoms with Crippen LogP contribution in [0.4, 0.5) is 0 Å². The first-order chi connectivity index (χ1) is 7.02. The third-order valence-electron chi connectivity index (χ3n) is 2.46. The van der Waals surface area contributed by atoms with Gasteiger partial charge in [-0.05, 0) is 33.5 Å². The highest BCUT2D eigenvalue weighted by atomic mass is 16.4. The Labute approximate surface area is 92.9 Å². The van der Waals surface area contributed by atoms with Crippen molar-refractivity contribution in [3.05, 3.63) is 0 Å². The van der Waals surface area contributed by atoms with Crippen LogP contribution >= 0.6 is 0 Å². The summed E-state index contributed by atoms with van der Waals surface area (Å²) >= 11 is 0. The van der Waals surface area contributed by atoms with Gasteiger partial charge in [-0.25, -0.2) is 0 Å². The molecule has 0 rings (SSSR count). The summed E-state index contributed by atoms with van der Waals surface area (Å²) in [5.41, 5.74) is 0. The molecule has 1 atom stereocenters.